The average Bonchev–Trinajstić information content (AvgIpc) is 2.82. The zero-order chi connectivity index (χ0) is 17.8. The normalized spacial score (nSPS) is 24.9. The Balaban J connectivity index is 1.82. The fraction of sp³-hybridized carbons (Fsp3) is 0.526. The number of hydrogen-bond donors (Lipinski definition) is 1. The zero-order valence-corrected chi connectivity index (χ0v) is 15.1. The Hall–Kier alpha value is -1.88. The lowest BCUT2D eigenvalue weighted by atomic mass is 9.88. The van der Waals surface area contributed by atoms with Gasteiger partial charge in [-0.05, 0) is 50.3 Å². The Labute approximate surface area is 152 Å². The second kappa shape index (κ2) is 8.00. The Morgan fingerprint density at radius 3 is 2.64 bits per heavy atom. The molecule has 1 heterocycles. The number of amides is 2. The molecule has 5 nitrogen and oxygen atoms in total. The minimum Gasteiger partial charge on any atom is -0.462 e. The van der Waals surface area contributed by atoms with Gasteiger partial charge in [0, 0.05) is 10.7 Å². The highest BCUT2D eigenvalue weighted by atomic mass is 35.5. The molecular weight excluding hydrogens is 340 g/mol. The number of benzene rings is 1. The van der Waals surface area contributed by atoms with E-state index in [4.69, 9.17) is 16.3 Å². The zero-order valence-electron chi connectivity index (χ0n) is 14.3. The molecule has 0 bridgehead atoms. The minimum absolute atomic E-state index is 0.0413. The Kier molecular flexibility index (Phi) is 5.74. The lowest BCUT2D eigenvalue weighted by Crippen LogP contribution is -2.45. The van der Waals surface area contributed by atoms with Crippen molar-refractivity contribution in [3.8, 4) is 0 Å². The first-order valence-electron chi connectivity index (χ1n) is 8.86. The third-order valence-corrected chi connectivity index (χ3v) is 5.12. The van der Waals surface area contributed by atoms with E-state index < -0.39 is 18.0 Å². The molecule has 1 fully saturated rings. The van der Waals surface area contributed by atoms with Crippen LogP contribution in [0.15, 0.2) is 29.3 Å². The van der Waals surface area contributed by atoms with Crippen LogP contribution < -0.4 is 5.32 Å². The second-order valence-corrected chi connectivity index (χ2v) is 7.20. The van der Waals surface area contributed by atoms with Crippen molar-refractivity contribution < 1.29 is 14.3 Å². The van der Waals surface area contributed by atoms with E-state index in [2.05, 4.69) is 10.3 Å². The summed E-state index contributed by atoms with van der Waals surface area (Å²) in [6, 6.07) is 6.22. The summed E-state index contributed by atoms with van der Waals surface area (Å²) >= 11 is 6.08. The van der Waals surface area contributed by atoms with Gasteiger partial charge in [-0.15, -0.1) is 0 Å². The summed E-state index contributed by atoms with van der Waals surface area (Å²) in [5, 5.41) is 3.34. The van der Waals surface area contributed by atoms with Crippen molar-refractivity contribution in [2.75, 3.05) is 0 Å². The van der Waals surface area contributed by atoms with E-state index in [0.29, 0.717) is 10.7 Å². The molecule has 134 valence electrons. The van der Waals surface area contributed by atoms with Crippen molar-refractivity contribution in [1.29, 1.82) is 0 Å². The van der Waals surface area contributed by atoms with E-state index in [-0.39, 0.29) is 12.1 Å². The number of esters is 1. The van der Waals surface area contributed by atoms with Crippen LogP contribution in [0.2, 0.25) is 5.02 Å². The summed E-state index contributed by atoms with van der Waals surface area (Å²) in [5.74, 6) is -0.947. The molecular formula is C19H23ClN2O3. The van der Waals surface area contributed by atoms with Gasteiger partial charge in [-0.1, -0.05) is 36.6 Å². The summed E-state index contributed by atoms with van der Waals surface area (Å²) in [7, 11) is 0. The Morgan fingerprint density at radius 1 is 1.24 bits per heavy atom. The molecule has 1 aromatic rings. The van der Waals surface area contributed by atoms with Crippen molar-refractivity contribution in [1.82, 2.24) is 5.32 Å². The van der Waals surface area contributed by atoms with E-state index >= 15 is 0 Å². The maximum atomic E-state index is 12.9. The molecule has 1 aliphatic carbocycles. The van der Waals surface area contributed by atoms with Gasteiger partial charge in [-0.3, -0.25) is 4.79 Å². The molecule has 1 aliphatic heterocycles. The molecule has 0 saturated heterocycles. The van der Waals surface area contributed by atoms with E-state index in [1.165, 1.54) is 12.8 Å². The van der Waals surface area contributed by atoms with Crippen LogP contribution >= 0.6 is 11.6 Å². The summed E-state index contributed by atoms with van der Waals surface area (Å²) in [6.07, 6.45) is 6.33. The van der Waals surface area contributed by atoms with Crippen molar-refractivity contribution in [2.45, 2.75) is 57.6 Å². The van der Waals surface area contributed by atoms with Crippen molar-refractivity contribution in [2.24, 2.45) is 10.9 Å². The van der Waals surface area contributed by atoms with Crippen LogP contribution in [0.4, 0.5) is 4.79 Å². The van der Waals surface area contributed by atoms with Gasteiger partial charge in [0.25, 0.3) is 0 Å². The number of urea groups is 1. The molecule has 0 aromatic heterocycles. The first kappa shape index (κ1) is 17.9. The highest BCUT2D eigenvalue weighted by molar-refractivity contribution is 6.30. The van der Waals surface area contributed by atoms with Gasteiger partial charge in [0.05, 0.1) is 6.04 Å². The summed E-state index contributed by atoms with van der Waals surface area (Å²) in [5.41, 5.74) is 1.25. The number of rotatable bonds is 3. The van der Waals surface area contributed by atoms with Crippen LogP contribution in [-0.4, -0.2) is 23.8 Å². The van der Waals surface area contributed by atoms with Crippen molar-refractivity contribution >= 4 is 29.3 Å². The maximum Gasteiger partial charge on any atom is 0.341 e. The first-order chi connectivity index (χ1) is 12.0. The van der Waals surface area contributed by atoms with Gasteiger partial charge in [-0.25, -0.2) is 9.79 Å². The molecule has 2 aliphatic rings. The molecule has 1 saturated carbocycles. The third kappa shape index (κ3) is 4.40. The van der Waals surface area contributed by atoms with Crippen LogP contribution in [0.25, 0.3) is 0 Å². The highest BCUT2D eigenvalue weighted by Gasteiger charge is 2.39. The second-order valence-electron chi connectivity index (χ2n) is 6.76. The van der Waals surface area contributed by atoms with Crippen LogP contribution in [0.1, 0.15) is 57.1 Å². The number of aliphatic imine (C=N–C) groups is 1. The van der Waals surface area contributed by atoms with Gasteiger partial charge in [0.15, 0.2) is 0 Å². The number of hydrogen-bond acceptors (Lipinski definition) is 3. The van der Waals surface area contributed by atoms with E-state index in [0.717, 1.165) is 31.2 Å². The number of carbonyl (C=O) groups is 2. The number of halogens is 1. The monoisotopic (exact) mass is 362 g/mol. The lowest BCUT2D eigenvalue weighted by Gasteiger charge is -2.31. The predicted molar refractivity (Wildman–Crippen MR) is 96.9 cm³/mol. The smallest absolute Gasteiger partial charge is 0.341 e. The standard InChI is InChI=1S/C19H23ClN2O3/c1-12-16(18(23)25-15-9-4-2-3-5-10-15)17(22-19(24)21-12)13-7-6-8-14(20)11-13/h6-8,11,15-17H,2-5,9-10H2,1H3,(H,22,24). The van der Waals surface area contributed by atoms with E-state index in [1.807, 2.05) is 6.07 Å². The number of ether oxygens (including phenoxy) is 1. The lowest BCUT2D eigenvalue weighted by molar-refractivity contribution is -0.153. The first-order valence-corrected chi connectivity index (χ1v) is 9.24. The van der Waals surface area contributed by atoms with Gasteiger partial charge in [0.2, 0.25) is 0 Å². The number of carbonyl (C=O) groups excluding carboxylic acids is 2. The van der Waals surface area contributed by atoms with Crippen LogP contribution in [-0.2, 0) is 9.53 Å². The fourth-order valence-corrected chi connectivity index (χ4v) is 3.80. The van der Waals surface area contributed by atoms with E-state index in [1.54, 1.807) is 25.1 Å². The molecule has 0 radical (unpaired) electrons. The molecule has 2 atom stereocenters. The third-order valence-electron chi connectivity index (χ3n) is 4.89. The van der Waals surface area contributed by atoms with Gasteiger partial charge in [0.1, 0.15) is 12.0 Å². The quantitative estimate of drug-likeness (QED) is 0.638. The predicted octanol–water partition coefficient (Wildman–Crippen LogP) is 4.45. The summed E-state index contributed by atoms with van der Waals surface area (Å²) < 4.78 is 5.79. The topological polar surface area (TPSA) is 67.8 Å². The highest BCUT2D eigenvalue weighted by Crippen LogP contribution is 2.31. The molecule has 2 unspecified atom stereocenters. The average molecular weight is 363 g/mol. The SMILES string of the molecule is CC1=NC(=O)NC(c2cccc(Cl)c2)C1C(=O)OC1CCCCCC1. The molecule has 25 heavy (non-hydrogen) atoms. The van der Waals surface area contributed by atoms with Crippen LogP contribution in [0.3, 0.4) is 0 Å². The fourth-order valence-electron chi connectivity index (χ4n) is 3.60. The Bertz CT molecular complexity index is 681. The minimum atomic E-state index is -0.626. The summed E-state index contributed by atoms with van der Waals surface area (Å²) in [4.78, 5) is 28.7. The van der Waals surface area contributed by atoms with Crippen molar-refractivity contribution in [3.05, 3.63) is 34.9 Å². The number of nitrogens with zero attached hydrogens (tertiary/aromatic N) is 1. The van der Waals surface area contributed by atoms with Crippen LogP contribution in [0, 0.1) is 5.92 Å². The van der Waals surface area contributed by atoms with Crippen LogP contribution in [0.5, 0.6) is 0 Å². The molecule has 0 spiro atoms. The van der Waals surface area contributed by atoms with Gasteiger partial charge >= 0.3 is 12.0 Å². The Morgan fingerprint density at radius 2 is 1.96 bits per heavy atom. The van der Waals surface area contributed by atoms with Crippen molar-refractivity contribution in [3.63, 3.8) is 0 Å². The van der Waals surface area contributed by atoms with Gasteiger partial charge in [-0.2, -0.15) is 0 Å². The largest absolute Gasteiger partial charge is 0.462 e. The maximum absolute atomic E-state index is 12.9. The molecule has 2 amide bonds. The molecule has 3 rings (SSSR count). The van der Waals surface area contributed by atoms with Gasteiger partial charge < -0.3 is 10.1 Å². The van der Waals surface area contributed by atoms with E-state index in [9.17, 15) is 9.59 Å². The summed E-state index contributed by atoms with van der Waals surface area (Å²) in [6.45, 7) is 1.70. The molecule has 6 heteroatoms. The molecule has 1 aromatic carbocycles. The molecule has 1 N–H and O–H groups in total. The number of nitrogens with one attached hydrogen (secondary N) is 1.